The van der Waals surface area contributed by atoms with Crippen LogP contribution in [0.5, 0.6) is 11.5 Å². The van der Waals surface area contributed by atoms with Gasteiger partial charge < -0.3 is 15.2 Å². The van der Waals surface area contributed by atoms with Crippen molar-refractivity contribution in [2.75, 3.05) is 5.32 Å². The molecule has 0 fully saturated rings. The van der Waals surface area contributed by atoms with E-state index in [0.29, 0.717) is 22.0 Å². The first-order valence-corrected chi connectivity index (χ1v) is 8.16. The number of carbonyl (C=O) groups is 1. The number of hydrogen-bond acceptors (Lipinski definition) is 3. The predicted molar refractivity (Wildman–Crippen MR) is 98.2 cm³/mol. The largest absolute Gasteiger partial charge is 0.507 e. The zero-order valence-electron chi connectivity index (χ0n) is 13.6. The highest BCUT2D eigenvalue weighted by Gasteiger charge is 2.13. The third-order valence-corrected chi connectivity index (χ3v) is 3.86. The van der Waals surface area contributed by atoms with E-state index in [1.165, 1.54) is 30.3 Å². The van der Waals surface area contributed by atoms with Crippen LogP contribution in [0.3, 0.4) is 0 Å². The molecule has 3 aromatic rings. The van der Waals surface area contributed by atoms with Crippen LogP contribution in [0, 0.1) is 5.82 Å². The van der Waals surface area contributed by atoms with Gasteiger partial charge in [-0.15, -0.1) is 0 Å². The monoisotopic (exact) mass is 371 g/mol. The molecule has 0 unspecified atom stereocenters. The van der Waals surface area contributed by atoms with Gasteiger partial charge in [0.15, 0.2) is 0 Å². The van der Waals surface area contributed by atoms with Gasteiger partial charge in [-0.2, -0.15) is 0 Å². The fourth-order valence-corrected chi connectivity index (χ4v) is 2.44. The van der Waals surface area contributed by atoms with Crippen LogP contribution in [0.25, 0.3) is 0 Å². The second kappa shape index (κ2) is 7.89. The molecule has 0 atom stereocenters. The summed E-state index contributed by atoms with van der Waals surface area (Å²) in [5.74, 6) is -0.622. The summed E-state index contributed by atoms with van der Waals surface area (Å²) in [5.41, 5.74) is 1.27. The second-order valence-electron chi connectivity index (χ2n) is 5.56. The second-order valence-corrected chi connectivity index (χ2v) is 6.00. The number of aromatic hydroxyl groups is 1. The molecule has 0 bridgehead atoms. The number of rotatable bonds is 5. The average Bonchev–Trinajstić information content (AvgIpc) is 2.63. The highest BCUT2D eigenvalue weighted by molar-refractivity contribution is 6.30. The molecule has 0 saturated carbocycles. The van der Waals surface area contributed by atoms with Gasteiger partial charge in [-0.3, -0.25) is 4.79 Å². The number of ether oxygens (including phenoxy) is 1. The highest BCUT2D eigenvalue weighted by Crippen LogP contribution is 2.25. The lowest BCUT2D eigenvalue weighted by Crippen LogP contribution is -2.12. The van der Waals surface area contributed by atoms with Gasteiger partial charge in [-0.25, -0.2) is 4.39 Å². The van der Waals surface area contributed by atoms with Crippen LogP contribution in [-0.2, 0) is 6.61 Å². The van der Waals surface area contributed by atoms with E-state index in [9.17, 15) is 14.3 Å². The van der Waals surface area contributed by atoms with Gasteiger partial charge in [0.2, 0.25) is 0 Å². The minimum atomic E-state index is -0.485. The summed E-state index contributed by atoms with van der Waals surface area (Å²) >= 11 is 5.81. The Morgan fingerprint density at radius 3 is 2.58 bits per heavy atom. The van der Waals surface area contributed by atoms with Crippen molar-refractivity contribution in [3.05, 3.63) is 88.7 Å². The van der Waals surface area contributed by atoms with Crippen LogP contribution in [0.1, 0.15) is 15.9 Å². The normalized spacial score (nSPS) is 10.4. The summed E-state index contributed by atoms with van der Waals surface area (Å²) in [6, 6.07) is 17.0. The van der Waals surface area contributed by atoms with Crippen molar-refractivity contribution in [1.29, 1.82) is 0 Å². The molecule has 0 heterocycles. The number of anilines is 1. The van der Waals surface area contributed by atoms with Crippen LogP contribution in [0.4, 0.5) is 10.1 Å². The zero-order valence-corrected chi connectivity index (χ0v) is 14.3. The van der Waals surface area contributed by atoms with E-state index in [4.69, 9.17) is 16.3 Å². The smallest absolute Gasteiger partial charge is 0.259 e. The van der Waals surface area contributed by atoms with E-state index in [-0.39, 0.29) is 23.7 Å². The maximum atomic E-state index is 13.2. The third-order valence-electron chi connectivity index (χ3n) is 3.61. The Labute approximate surface area is 154 Å². The van der Waals surface area contributed by atoms with Crippen LogP contribution >= 0.6 is 11.6 Å². The summed E-state index contributed by atoms with van der Waals surface area (Å²) in [6.07, 6.45) is 0. The van der Waals surface area contributed by atoms with Gasteiger partial charge in [-0.05, 0) is 60.2 Å². The number of phenols is 1. The van der Waals surface area contributed by atoms with E-state index >= 15 is 0 Å². The van der Waals surface area contributed by atoms with E-state index in [0.717, 1.165) is 0 Å². The first-order valence-electron chi connectivity index (χ1n) is 7.78. The van der Waals surface area contributed by atoms with E-state index in [2.05, 4.69) is 5.32 Å². The Morgan fingerprint density at radius 1 is 1.08 bits per heavy atom. The number of hydrogen-bond donors (Lipinski definition) is 2. The van der Waals surface area contributed by atoms with E-state index in [1.807, 2.05) is 0 Å². The Morgan fingerprint density at radius 2 is 1.85 bits per heavy atom. The van der Waals surface area contributed by atoms with Crippen LogP contribution < -0.4 is 10.1 Å². The van der Waals surface area contributed by atoms with Gasteiger partial charge in [0.05, 0.1) is 5.56 Å². The van der Waals surface area contributed by atoms with Crippen molar-refractivity contribution in [2.24, 2.45) is 0 Å². The summed E-state index contributed by atoms with van der Waals surface area (Å²) < 4.78 is 18.8. The molecular formula is C20H15ClFNO3. The van der Waals surface area contributed by atoms with Crippen molar-refractivity contribution in [3.8, 4) is 11.5 Å². The molecule has 0 aliphatic heterocycles. The van der Waals surface area contributed by atoms with Crippen molar-refractivity contribution in [1.82, 2.24) is 0 Å². The topological polar surface area (TPSA) is 58.6 Å². The minimum Gasteiger partial charge on any atom is -0.507 e. The van der Waals surface area contributed by atoms with Crippen molar-refractivity contribution in [3.63, 3.8) is 0 Å². The lowest BCUT2D eigenvalue weighted by molar-refractivity contribution is 0.102. The molecule has 0 aliphatic rings. The molecular weight excluding hydrogens is 357 g/mol. The van der Waals surface area contributed by atoms with Gasteiger partial charge in [-0.1, -0.05) is 23.7 Å². The Balaban J connectivity index is 1.72. The number of phenolic OH excluding ortho intramolecular Hbond substituents is 1. The molecule has 132 valence electrons. The lowest BCUT2D eigenvalue weighted by atomic mass is 10.1. The first kappa shape index (κ1) is 17.8. The highest BCUT2D eigenvalue weighted by atomic mass is 35.5. The fraction of sp³-hybridized carbons (Fsp3) is 0.0500. The lowest BCUT2D eigenvalue weighted by Gasteiger charge is -2.10. The maximum Gasteiger partial charge on any atom is 0.259 e. The standard InChI is InChI=1S/C20H15ClFNO3/c21-14-4-6-16(7-5-14)23-20(25)18-11-17(8-9-19(18)24)26-12-13-2-1-3-15(22)10-13/h1-11,24H,12H2,(H,23,25). The first-order chi connectivity index (χ1) is 12.5. The molecule has 0 saturated heterocycles. The van der Waals surface area contributed by atoms with Gasteiger partial charge in [0.1, 0.15) is 23.9 Å². The van der Waals surface area contributed by atoms with Gasteiger partial charge >= 0.3 is 0 Å². The SMILES string of the molecule is O=C(Nc1ccc(Cl)cc1)c1cc(OCc2cccc(F)c2)ccc1O. The Kier molecular flexibility index (Phi) is 5.39. The van der Waals surface area contributed by atoms with Crippen molar-refractivity contribution >= 4 is 23.2 Å². The van der Waals surface area contributed by atoms with Crippen LogP contribution in [0.2, 0.25) is 5.02 Å². The Bertz CT molecular complexity index is 929. The molecule has 3 rings (SSSR count). The fourth-order valence-electron chi connectivity index (χ4n) is 2.31. The molecule has 26 heavy (non-hydrogen) atoms. The molecule has 0 aromatic heterocycles. The molecule has 2 N–H and O–H groups in total. The quantitative estimate of drug-likeness (QED) is 0.662. The molecule has 4 nitrogen and oxygen atoms in total. The zero-order chi connectivity index (χ0) is 18.5. The third kappa shape index (κ3) is 4.52. The number of halogens is 2. The predicted octanol–water partition coefficient (Wildman–Crippen LogP) is 5.02. The summed E-state index contributed by atoms with van der Waals surface area (Å²) in [6.45, 7) is 0.140. The van der Waals surface area contributed by atoms with E-state index in [1.54, 1.807) is 36.4 Å². The summed E-state index contributed by atoms with van der Waals surface area (Å²) in [5, 5.41) is 13.2. The molecule has 3 aromatic carbocycles. The molecule has 0 spiro atoms. The number of amides is 1. The average molecular weight is 372 g/mol. The van der Waals surface area contributed by atoms with Gasteiger partial charge in [0.25, 0.3) is 5.91 Å². The van der Waals surface area contributed by atoms with Crippen LogP contribution in [-0.4, -0.2) is 11.0 Å². The summed E-state index contributed by atoms with van der Waals surface area (Å²) in [4.78, 5) is 12.4. The molecule has 6 heteroatoms. The number of benzene rings is 3. The number of carbonyl (C=O) groups excluding carboxylic acids is 1. The van der Waals surface area contributed by atoms with E-state index < -0.39 is 5.91 Å². The van der Waals surface area contributed by atoms with Crippen LogP contribution in [0.15, 0.2) is 66.7 Å². The molecule has 1 amide bonds. The molecule has 0 radical (unpaired) electrons. The maximum absolute atomic E-state index is 13.2. The van der Waals surface area contributed by atoms with Crippen molar-refractivity contribution < 1.29 is 19.0 Å². The minimum absolute atomic E-state index is 0.0664. The summed E-state index contributed by atoms with van der Waals surface area (Å²) in [7, 11) is 0. The van der Waals surface area contributed by atoms with Gasteiger partial charge in [0, 0.05) is 10.7 Å². The number of nitrogens with one attached hydrogen (secondary N) is 1. The van der Waals surface area contributed by atoms with Crippen molar-refractivity contribution in [2.45, 2.75) is 6.61 Å². The Hall–Kier alpha value is -3.05. The molecule has 0 aliphatic carbocycles.